The number of anilines is 1. The van der Waals surface area contributed by atoms with Crippen molar-refractivity contribution in [2.75, 3.05) is 11.4 Å². The number of carbonyl (C=O) groups excluding carboxylic acids is 2. The van der Waals surface area contributed by atoms with Crippen LogP contribution in [0.3, 0.4) is 0 Å². The highest BCUT2D eigenvalue weighted by Crippen LogP contribution is 2.21. The van der Waals surface area contributed by atoms with E-state index in [2.05, 4.69) is 5.32 Å². The molecular weight excluding hydrogens is 254 g/mol. The predicted molar refractivity (Wildman–Crippen MR) is 78.1 cm³/mol. The molecule has 1 heterocycles. The van der Waals surface area contributed by atoms with E-state index >= 15 is 0 Å². The zero-order valence-corrected chi connectivity index (χ0v) is 11.8. The first-order valence-corrected chi connectivity index (χ1v) is 7.04. The van der Waals surface area contributed by atoms with E-state index in [0.29, 0.717) is 19.4 Å². The Balaban J connectivity index is 1.92. The van der Waals surface area contributed by atoms with Crippen LogP contribution in [0.5, 0.6) is 0 Å². The highest BCUT2D eigenvalue weighted by Gasteiger charge is 2.21. The van der Waals surface area contributed by atoms with Crippen molar-refractivity contribution in [2.45, 2.75) is 38.8 Å². The van der Waals surface area contributed by atoms with Gasteiger partial charge in [-0.3, -0.25) is 9.59 Å². The average Bonchev–Trinajstić information content (AvgIpc) is 2.90. The first-order chi connectivity index (χ1) is 9.61. The van der Waals surface area contributed by atoms with Crippen LogP contribution in [-0.4, -0.2) is 24.4 Å². The summed E-state index contributed by atoms with van der Waals surface area (Å²) >= 11 is 0. The van der Waals surface area contributed by atoms with Gasteiger partial charge in [0.1, 0.15) is 0 Å². The van der Waals surface area contributed by atoms with Gasteiger partial charge in [-0.1, -0.05) is 19.1 Å². The Morgan fingerprint density at radius 2 is 2.10 bits per heavy atom. The Morgan fingerprint density at radius 1 is 1.40 bits per heavy atom. The molecule has 1 atom stereocenters. The van der Waals surface area contributed by atoms with Gasteiger partial charge in [0.2, 0.25) is 11.8 Å². The van der Waals surface area contributed by atoms with Gasteiger partial charge < -0.3 is 16.0 Å². The molecule has 0 aromatic heterocycles. The van der Waals surface area contributed by atoms with Crippen molar-refractivity contribution in [3.63, 3.8) is 0 Å². The minimum Gasteiger partial charge on any atom is -0.351 e. The van der Waals surface area contributed by atoms with E-state index in [-0.39, 0.29) is 11.8 Å². The number of nitrogens with zero attached hydrogens (tertiary/aromatic N) is 1. The van der Waals surface area contributed by atoms with Crippen molar-refractivity contribution in [3.8, 4) is 0 Å². The molecule has 0 radical (unpaired) electrons. The first-order valence-electron chi connectivity index (χ1n) is 7.04. The molecule has 20 heavy (non-hydrogen) atoms. The molecular formula is C15H21N3O2. The van der Waals surface area contributed by atoms with Crippen LogP contribution in [0.25, 0.3) is 0 Å². The third kappa shape index (κ3) is 3.36. The highest BCUT2D eigenvalue weighted by atomic mass is 16.2. The van der Waals surface area contributed by atoms with E-state index in [1.165, 1.54) is 0 Å². The van der Waals surface area contributed by atoms with Crippen LogP contribution in [0, 0.1) is 0 Å². The fourth-order valence-corrected chi connectivity index (χ4v) is 2.22. The summed E-state index contributed by atoms with van der Waals surface area (Å²) in [5.41, 5.74) is 7.57. The van der Waals surface area contributed by atoms with Crippen molar-refractivity contribution in [2.24, 2.45) is 5.73 Å². The van der Waals surface area contributed by atoms with Crippen LogP contribution in [0.15, 0.2) is 24.3 Å². The Hall–Kier alpha value is -1.88. The highest BCUT2D eigenvalue weighted by molar-refractivity contribution is 5.95. The SMILES string of the molecule is CC[C@@H](N)C(=O)NCc1ccc(N2CCCC2=O)cc1. The van der Waals surface area contributed by atoms with Gasteiger partial charge in [-0.05, 0) is 30.5 Å². The lowest BCUT2D eigenvalue weighted by molar-refractivity contribution is -0.122. The lowest BCUT2D eigenvalue weighted by Gasteiger charge is -2.16. The average molecular weight is 275 g/mol. The molecule has 3 N–H and O–H groups in total. The lowest BCUT2D eigenvalue weighted by atomic mass is 10.2. The summed E-state index contributed by atoms with van der Waals surface area (Å²) < 4.78 is 0. The molecule has 1 saturated heterocycles. The van der Waals surface area contributed by atoms with E-state index in [9.17, 15) is 9.59 Å². The molecule has 5 nitrogen and oxygen atoms in total. The van der Waals surface area contributed by atoms with Crippen LogP contribution in [0.4, 0.5) is 5.69 Å². The second-order valence-corrected chi connectivity index (χ2v) is 5.05. The molecule has 1 aromatic carbocycles. The predicted octanol–water partition coefficient (Wildman–Crippen LogP) is 1.17. The van der Waals surface area contributed by atoms with E-state index in [1.807, 2.05) is 31.2 Å². The number of nitrogens with two attached hydrogens (primary N) is 1. The maximum atomic E-state index is 11.6. The van der Waals surface area contributed by atoms with Crippen LogP contribution in [-0.2, 0) is 16.1 Å². The van der Waals surface area contributed by atoms with Gasteiger partial charge in [-0.15, -0.1) is 0 Å². The summed E-state index contributed by atoms with van der Waals surface area (Å²) in [5, 5.41) is 2.80. The summed E-state index contributed by atoms with van der Waals surface area (Å²) in [6.45, 7) is 3.13. The molecule has 1 aliphatic heterocycles. The molecule has 1 fully saturated rings. The summed E-state index contributed by atoms with van der Waals surface area (Å²) in [6, 6.07) is 7.25. The van der Waals surface area contributed by atoms with E-state index in [1.54, 1.807) is 4.90 Å². The van der Waals surface area contributed by atoms with Crippen LogP contribution in [0.1, 0.15) is 31.7 Å². The molecule has 5 heteroatoms. The summed E-state index contributed by atoms with van der Waals surface area (Å²) in [5.74, 6) is 0.0475. The van der Waals surface area contributed by atoms with Gasteiger partial charge in [0.05, 0.1) is 6.04 Å². The smallest absolute Gasteiger partial charge is 0.237 e. The fraction of sp³-hybridized carbons (Fsp3) is 0.467. The Kier molecular flexibility index (Phi) is 4.74. The standard InChI is InChI=1S/C15H21N3O2/c1-2-13(16)15(20)17-10-11-5-7-12(8-6-11)18-9-3-4-14(18)19/h5-8,13H,2-4,9-10,16H2,1H3,(H,17,20)/t13-/m1/s1. The zero-order chi connectivity index (χ0) is 14.5. The summed E-state index contributed by atoms with van der Waals surface area (Å²) in [6.07, 6.45) is 2.18. The van der Waals surface area contributed by atoms with Gasteiger partial charge in [0.15, 0.2) is 0 Å². The van der Waals surface area contributed by atoms with Gasteiger partial charge in [-0.2, -0.15) is 0 Å². The number of benzene rings is 1. The third-order valence-corrected chi connectivity index (χ3v) is 3.56. The quantitative estimate of drug-likeness (QED) is 0.847. The topological polar surface area (TPSA) is 75.4 Å². The third-order valence-electron chi connectivity index (χ3n) is 3.56. The van der Waals surface area contributed by atoms with Crippen molar-refractivity contribution < 1.29 is 9.59 Å². The Labute approximate surface area is 119 Å². The molecule has 0 spiro atoms. The Morgan fingerprint density at radius 3 is 2.65 bits per heavy atom. The maximum absolute atomic E-state index is 11.6. The minimum absolute atomic E-state index is 0.133. The molecule has 0 saturated carbocycles. The van der Waals surface area contributed by atoms with Crippen LogP contribution >= 0.6 is 0 Å². The number of hydrogen-bond acceptors (Lipinski definition) is 3. The minimum atomic E-state index is -0.448. The largest absolute Gasteiger partial charge is 0.351 e. The van der Waals surface area contributed by atoms with Gasteiger partial charge in [-0.25, -0.2) is 0 Å². The molecule has 108 valence electrons. The van der Waals surface area contributed by atoms with E-state index in [4.69, 9.17) is 5.73 Å². The molecule has 2 rings (SSSR count). The molecule has 0 aliphatic carbocycles. The van der Waals surface area contributed by atoms with Crippen molar-refractivity contribution in [1.29, 1.82) is 0 Å². The molecule has 1 aliphatic rings. The monoisotopic (exact) mass is 275 g/mol. The number of hydrogen-bond donors (Lipinski definition) is 2. The zero-order valence-electron chi connectivity index (χ0n) is 11.8. The molecule has 2 amide bonds. The summed E-state index contributed by atoms with van der Waals surface area (Å²) in [7, 11) is 0. The first kappa shape index (κ1) is 14.5. The molecule has 0 bridgehead atoms. The van der Waals surface area contributed by atoms with Crippen molar-refractivity contribution >= 4 is 17.5 Å². The Bertz CT molecular complexity index is 484. The van der Waals surface area contributed by atoms with E-state index < -0.39 is 6.04 Å². The van der Waals surface area contributed by atoms with Gasteiger partial charge in [0.25, 0.3) is 0 Å². The maximum Gasteiger partial charge on any atom is 0.237 e. The van der Waals surface area contributed by atoms with Crippen LogP contribution < -0.4 is 16.0 Å². The molecule has 0 unspecified atom stereocenters. The van der Waals surface area contributed by atoms with Gasteiger partial charge >= 0.3 is 0 Å². The second kappa shape index (κ2) is 6.52. The number of rotatable bonds is 5. The second-order valence-electron chi connectivity index (χ2n) is 5.05. The van der Waals surface area contributed by atoms with E-state index in [0.717, 1.165) is 24.2 Å². The fourth-order valence-electron chi connectivity index (χ4n) is 2.22. The lowest BCUT2D eigenvalue weighted by Crippen LogP contribution is -2.39. The number of amides is 2. The number of nitrogens with one attached hydrogen (secondary N) is 1. The van der Waals surface area contributed by atoms with Crippen LogP contribution in [0.2, 0.25) is 0 Å². The normalized spacial score (nSPS) is 16.3. The van der Waals surface area contributed by atoms with Crippen molar-refractivity contribution in [3.05, 3.63) is 29.8 Å². The molecule has 1 aromatic rings. The van der Waals surface area contributed by atoms with Crippen molar-refractivity contribution in [1.82, 2.24) is 5.32 Å². The summed E-state index contributed by atoms with van der Waals surface area (Å²) in [4.78, 5) is 25.0. The van der Waals surface area contributed by atoms with Gasteiger partial charge in [0, 0.05) is 25.2 Å². The number of carbonyl (C=O) groups is 2.